The van der Waals surface area contributed by atoms with Gasteiger partial charge in [-0.25, -0.2) is 4.79 Å². The second kappa shape index (κ2) is 10.6. The average Bonchev–Trinajstić information content (AvgIpc) is 2.80. The summed E-state index contributed by atoms with van der Waals surface area (Å²) in [5.74, 6) is 1.76. The number of ether oxygens (including phenoxy) is 4. The molecular weight excluding hydrogens is 458 g/mol. The van der Waals surface area contributed by atoms with Crippen molar-refractivity contribution in [1.82, 2.24) is 4.90 Å². The maximum Gasteiger partial charge on any atom is 0.410 e. The van der Waals surface area contributed by atoms with Crippen LogP contribution in [0.4, 0.5) is 4.79 Å². The highest BCUT2D eigenvalue weighted by molar-refractivity contribution is 5.68. The fourth-order valence-corrected chi connectivity index (χ4v) is 5.83. The molecule has 0 aliphatic carbocycles. The first-order valence-corrected chi connectivity index (χ1v) is 13.3. The summed E-state index contributed by atoms with van der Waals surface area (Å²) in [5.41, 5.74) is 1.34. The summed E-state index contributed by atoms with van der Waals surface area (Å²) in [6.45, 7) is 13.6. The molecule has 2 saturated heterocycles. The maximum atomic E-state index is 12.8. The number of piperidine rings is 1. The Morgan fingerprint density at radius 2 is 2.08 bits per heavy atom. The third kappa shape index (κ3) is 5.83. The molecule has 36 heavy (non-hydrogen) atoms. The number of aliphatic hydroxyl groups is 1. The first-order chi connectivity index (χ1) is 17.0. The summed E-state index contributed by atoms with van der Waals surface area (Å²) in [4.78, 5) is 14.6. The molecule has 7 nitrogen and oxygen atoms in total. The SMILES string of the molecule is CC(C)=CCC[C@]1(C)Oc2c(OCCO)cccc2[C@H]2O[C@H]3CCN(C(=O)OC(C)(C)C)C[C@@H]3C[C@@H]21. The van der Waals surface area contributed by atoms with Gasteiger partial charge in [-0.3, -0.25) is 0 Å². The van der Waals surface area contributed by atoms with E-state index in [0.29, 0.717) is 18.8 Å². The van der Waals surface area contributed by atoms with Crippen LogP contribution in [-0.4, -0.2) is 59.7 Å². The van der Waals surface area contributed by atoms with E-state index < -0.39 is 11.2 Å². The van der Waals surface area contributed by atoms with E-state index in [4.69, 9.17) is 18.9 Å². The molecule has 2 fully saturated rings. The molecule has 4 rings (SSSR count). The van der Waals surface area contributed by atoms with Gasteiger partial charge in [0.25, 0.3) is 0 Å². The number of allylic oxidation sites excluding steroid dienone is 2. The fourth-order valence-electron chi connectivity index (χ4n) is 5.83. The lowest BCUT2D eigenvalue weighted by atomic mass is 9.68. The quantitative estimate of drug-likeness (QED) is 0.507. The molecule has 3 aliphatic heterocycles. The van der Waals surface area contributed by atoms with Crippen molar-refractivity contribution in [3.8, 4) is 11.5 Å². The Morgan fingerprint density at radius 1 is 1.31 bits per heavy atom. The zero-order chi connectivity index (χ0) is 26.1. The molecule has 0 aromatic heterocycles. The van der Waals surface area contributed by atoms with E-state index in [2.05, 4.69) is 32.9 Å². The normalized spacial score (nSPS) is 29.2. The van der Waals surface area contributed by atoms with E-state index >= 15 is 0 Å². The minimum absolute atomic E-state index is 0.0536. The van der Waals surface area contributed by atoms with Gasteiger partial charge in [0.05, 0.1) is 18.8 Å². The highest BCUT2D eigenvalue weighted by Gasteiger charge is 2.54. The smallest absolute Gasteiger partial charge is 0.410 e. The molecule has 0 unspecified atom stereocenters. The summed E-state index contributed by atoms with van der Waals surface area (Å²) >= 11 is 0. The van der Waals surface area contributed by atoms with Crippen molar-refractivity contribution in [2.45, 2.75) is 90.6 Å². The Morgan fingerprint density at radius 3 is 2.78 bits per heavy atom. The first-order valence-electron chi connectivity index (χ1n) is 13.3. The molecule has 200 valence electrons. The Bertz CT molecular complexity index is 965. The van der Waals surface area contributed by atoms with Gasteiger partial charge in [0.2, 0.25) is 0 Å². The number of nitrogens with zero attached hydrogens (tertiary/aromatic N) is 1. The predicted molar refractivity (Wildman–Crippen MR) is 138 cm³/mol. The lowest BCUT2D eigenvalue weighted by Gasteiger charge is -2.54. The highest BCUT2D eigenvalue weighted by Crippen LogP contribution is 2.56. The zero-order valence-electron chi connectivity index (χ0n) is 22.7. The molecule has 7 heteroatoms. The van der Waals surface area contributed by atoms with Gasteiger partial charge in [0.15, 0.2) is 11.5 Å². The number of carbonyl (C=O) groups excluding carboxylic acids is 1. The molecular formula is C29H43NO6. The number of benzene rings is 1. The largest absolute Gasteiger partial charge is 0.487 e. The van der Waals surface area contributed by atoms with Crippen LogP contribution in [0.2, 0.25) is 0 Å². The van der Waals surface area contributed by atoms with Gasteiger partial charge in [-0.2, -0.15) is 0 Å². The Hall–Kier alpha value is -2.25. The van der Waals surface area contributed by atoms with Gasteiger partial charge in [-0.05, 0) is 73.3 Å². The number of rotatable bonds is 6. The summed E-state index contributed by atoms with van der Waals surface area (Å²) in [7, 11) is 0. The van der Waals surface area contributed by atoms with Gasteiger partial charge >= 0.3 is 6.09 Å². The predicted octanol–water partition coefficient (Wildman–Crippen LogP) is 5.66. The second-order valence-electron chi connectivity index (χ2n) is 11.9. The number of carbonyl (C=O) groups is 1. The van der Waals surface area contributed by atoms with Gasteiger partial charge in [0.1, 0.15) is 17.8 Å². The lowest BCUT2D eigenvalue weighted by molar-refractivity contribution is -0.191. The zero-order valence-corrected chi connectivity index (χ0v) is 22.7. The number of amides is 1. The van der Waals surface area contributed by atoms with Crippen LogP contribution >= 0.6 is 0 Å². The molecule has 3 heterocycles. The van der Waals surface area contributed by atoms with E-state index in [0.717, 1.165) is 37.0 Å². The van der Waals surface area contributed by atoms with Crippen molar-refractivity contribution in [3.63, 3.8) is 0 Å². The number of para-hydroxylation sites is 1. The Labute approximate surface area is 215 Å². The van der Waals surface area contributed by atoms with Gasteiger partial charge < -0.3 is 29.0 Å². The van der Waals surface area contributed by atoms with Crippen molar-refractivity contribution in [2.75, 3.05) is 26.3 Å². The van der Waals surface area contributed by atoms with Crippen molar-refractivity contribution in [2.24, 2.45) is 11.8 Å². The molecule has 0 spiro atoms. The van der Waals surface area contributed by atoms with Crippen LogP contribution in [0, 0.1) is 11.8 Å². The number of likely N-dealkylation sites (tertiary alicyclic amines) is 1. The molecule has 5 atom stereocenters. The standard InChI is InChI=1S/C29H43NO6/c1-19(2)9-8-13-29(6)22-17-20-18-30(27(32)36-28(3,4)5)14-12-23(20)34-25(22)21-10-7-11-24(26(21)35-29)33-16-15-31/h7,9-11,20,22-23,25,31H,8,12-18H2,1-6H3/t20-,22-,23-,25+,29-/m0/s1. The molecule has 0 radical (unpaired) electrons. The summed E-state index contributed by atoms with van der Waals surface area (Å²) in [6.07, 6.45) is 5.46. The molecule has 1 aromatic rings. The van der Waals surface area contributed by atoms with Crippen LogP contribution in [0.15, 0.2) is 29.8 Å². The third-order valence-corrected chi connectivity index (χ3v) is 7.54. The summed E-state index contributed by atoms with van der Waals surface area (Å²) in [6, 6.07) is 5.94. The van der Waals surface area contributed by atoms with E-state index in [9.17, 15) is 9.90 Å². The van der Waals surface area contributed by atoms with Gasteiger partial charge in [-0.15, -0.1) is 0 Å². The summed E-state index contributed by atoms with van der Waals surface area (Å²) in [5, 5.41) is 9.31. The summed E-state index contributed by atoms with van der Waals surface area (Å²) < 4.78 is 25.2. The number of hydrogen-bond acceptors (Lipinski definition) is 6. The van der Waals surface area contributed by atoms with Crippen molar-refractivity contribution < 1.29 is 28.8 Å². The topological polar surface area (TPSA) is 77.5 Å². The van der Waals surface area contributed by atoms with E-state index in [-0.39, 0.29) is 43.4 Å². The lowest BCUT2D eigenvalue weighted by Crippen LogP contribution is -2.57. The van der Waals surface area contributed by atoms with E-state index in [1.165, 1.54) is 5.57 Å². The van der Waals surface area contributed by atoms with Crippen LogP contribution in [0.5, 0.6) is 11.5 Å². The molecule has 1 amide bonds. The second-order valence-corrected chi connectivity index (χ2v) is 11.9. The van der Waals surface area contributed by atoms with Crippen molar-refractivity contribution in [1.29, 1.82) is 0 Å². The average molecular weight is 502 g/mol. The van der Waals surface area contributed by atoms with Crippen molar-refractivity contribution >= 4 is 6.09 Å². The van der Waals surface area contributed by atoms with Crippen LogP contribution in [-0.2, 0) is 9.47 Å². The molecule has 1 aromatic carbocycles. The minimum Gasteiger partial charge on any atom is -0.487 e. The van der Waals surface area contributed by atoms with E-state index in [1.54, 1.807) is 0 Å². The van der Waals surface area contributed by atoms with Crippen LogP contribution in [0.3, 0.4) is 0 Å². The molecule has 1 N–H and O–H groups in total. The Kier molecular flexibility index (Phi) is 7.91. The highest BCUT2D eigenvalue weighted by atomic mass is 16.6. The number of fused-ring (bicyclic) bond motifs is 4. The minimum atomic E-state index is -0.512. The van der Waals surface area contributed by atoms with Gasteiger partial charge in [-0.1, -0.05) is 23.8 Å². The van der Waals surface area contributed by atoms with Crippen LogP contribution in [0.1, 0.15) is 78.9 Å². The van der Waals surface area contributed by atoms with E-state index in [1.807, 2.05) is 37.8 Å². The Balaban J connectivity index is 1.61. The maximum absolute atomic E-state index is 12.8. The third-order valence-electron chi connectivity index (χ3n) is 7.54. The monoisotopic (exact) mass is 501 g/mol. The number of aliphatic hydroxyl groups excluding tert-OH is 1. The molecule has 3 aliphatic rings. The van der Waals surface area contributed by atoms with Crippen molar-refractivity contribution in [3.05, 3.63) is 35.4 Å². The molecule has 0 saturated carbocycles. The first kappa shape index (κ1) is 26.8. The molecule has 0 bridgehead atoms. The number of hydrogen-bond donors (Lipinski definition) is 1. The fraction of sp³-hybridized carbons (Fsp3) is 0.690. The van der Waals surface area contributed by atoms with Crippen LogP contribution in [0.25, 0.3) is 0 Å². The van der Waals surface area contributed by atoms with Crippen LogP contribution < -0.4 is 9.47 Å². The van der Waals surface area contributed by atoms with Gasteiger partial charge in [0, 0.05) is 30.5 Å².